The van der Waals surface area contributed by atoms with Gasteiger partial charge in [-0.2, -0.15) is 0 Å². The van der Waals surface area contributed by atoms with E-state index < -0.39 is 11.9 Å². The highest BCUT2D eigenvalue weighted by Crippen LogP contribution is 2.22. The van der Waals surface area contributed by atoms with Crippen LogP contribution in [0.2, 0.25) is 0 Å². The van der Waals surface area contributed by atoms with Crippen LogP contribution >= 0.6 is 0 Å². The quantitative estimate of drug-likeness (QED) is 0.768. The standard InChI is InChI=1S/C11H14FNO2/c1-7-8(4-3-5-10(7)12)9(6-13)11(14)15-2/h3-5,9H,6,13H2,1-2H3. The lowest BCUT2D eigenvalue weighted by Gasteiger charge is -2.15. The first-order valence-electron chi connectivity index (χ1n) is 4.64. The molecule has 0 aliphatic heterocycles. The van der Waals surface area contributed by atoms with Crippen LogP contribution in [0.25, 0.3) is 0 Å². The number of nitrogens with two attached hydrogens (primary N) is 1. The molecule has 82 valence electrons. The molecule has 0 aliphatic carbocycles. The molecule has 0 radical (unpaired) electrons. The van der Waals surface area contributed by atoms with E-state index in [9.17, 15) is 9.18 Å². The summed E-state index contributed by atoms with van der Waals surface area (Å²) in [7, 11) is 1.29. The minimum atomic E-state index is -0.592. The first-order valence-corrected chi connectivity index (χ1v) is 4.64. The molecule has 1 aromatic rings. The summed E-state index contributed by atoms with van der Waals surface area (Å²) in [6, 6.07) is 4.60. The molecule has 15 heavy (non-hydrogen) atoms. The highest BCUT2D eigenvalue weighted by molar-refractivity contribution is 5.78. The molecule has 0 saturated carbocycles. The molecule has 3 nitrogen and oxygen atoms in total. The fourth-order valence-corrected chi connectivity index (χ4v) is 1.49. The number of esters is 1. The summed E-state index contributed by atoms with van der Waals surface area (Å²) in [5.41, 5.74) is 6.51. The maximum absolute atomic E-state index is 13.3. The van der Waals surface area contributed by atoms with E-state index in [1.165, 1.54) is 13.2 Å². The van der Waals surface area contributed by atoms with Gasteiger partial charge in [-0.15, -0.1) is 0 Å². The number of benzene rings is 1. The van der Waals surface area contributed by atoms with Gasteiger partial charge in [0.25, 0.3) is 0 Å². The smallest absolute Gasteiger partial charge is 0.314 e. The average molecular weight is 211 g/mol. The highest BCUT2D eigenvalue weighted by atomic mass is 19.1. The first-order chi connectivity index (χ1) is 7.11. The van der Waals surface area contributed by atoms with E-state index in [-0.39, 0.29) is 12.4 Å². The van der Waals surface area contributed by atoms with Crippen LogP contribution in [0.5, 0.6) is 0 Å². The molecule has 0 spiro atoms. The predicted molar refractivity (Wildman–Crippen MR) is 54.9 cm³/mol. The third kappa shape index (κ3) is 2.33. The number of hydrogen-bond donors (Lipinski definition) is 1. The SMILES string of the molecule is COC(=O)C(CN)c1cccc(F)c1C. The van der Waals surface area contributed by atoms with Gasteiger partial charge in [0.05, 0.1) is 13.0 Å². The molecule has 0 amide bonds. The minimum absolute atomic E-state index is 0.108. The van der Waals surface area contributed by atoms with Gasteiger partial charge in [0.2, 0.25) is 0 Å². The molecule has 1 aromatic carbocycles. The van der Waals surface area contributed by atoms with Crippen molar-refractivity contribution >= 4 is 5.97 Å². The van der Waals surface area contributed by atoms with Crippen LogP contribution < -0.4 is 5.73 Å². The minimum Gasteiger partial charge on any atom is -0.469 e. The summed E-state index contributed by atoms with van der Waals surface area (Å²) in [5.74, 6) is -1.37. The maximum atomic E-state index is 13.3. The first kappa shape index (κ1) is 11.7. The van der Waals surface area contributed by atoms with E-state index in [1.54, 1.807) is 19.1 Å². The van der Waals surface area contributed by atoms with Crippen molar-refractivity contribution in [1.29, 1.82) is 0 Å². The summed E-state index contributed by atoms with van der Waals surface area (Å²) in [4.78, 5) is 11.4. The zero-order valence-corrected chi connectivity index (χ0v) is 8.79. The lowest BCUT2D eigenvalue weighted by Crippen LogP contribution is -2.23. The monoisotopic (exact) mass is 211 g/mol. The Morgan fingerprint density at radius 3 is 2.80 bits per heavy atom. The lowest BCUT2D eigenvalue weighted by molar-refractivity contribution is -0.142. The zero-order chi connectivity index (χ0) is 11.4. The van der Waals surface area contributed by atoms with Gasteiger partial charge in [-0.05, 0) is 24.1 Å². The van der Waals surface area contributed by atoms with Crippen LogP contribution in [0.15, 0.2) is 18.2 Å². The third-order valence-electron chi connectivity index (χ3n) is 2.41. The number of hydrogen-bond acceptors (Lipinski definition) is 3. The Labute approximate surface area is 88.0 Å². The number of rotatable bonds is 3. The zero-order valence-electron chi connectivity index (χ0n) is 8.79. The lowest BCUT2D eigenvalue weighted by atomic mass is 9.94. The summed E-state index contributed by atoms with van der Waals surface area (Å²) in [6.45, 7) is 1.73. The Bertz CT molecular complexity index is 366. The van der Waals surface area contributed by atoms with Gasteiger partial charge in [-0.3, -0.25) is 4.79 Å². The van der Waals surface area contributed by atoms with Crippen LogP contribution in [0.3, 0.4) is 0 Å². The van der Waals surface area contributed by atoms with Crippen molar-refractivity contribution in [2.45, 2.75) is 12.8 Å². The molecule has 0 aromatic heterocycles. The fourth-order valence-electron chi connectivity index (χ4n) is 1.49. The average Bonchev–Trinajstić information content (AvgIpc) is 2.24. The molecular weight excluding hydrogens is 197 g/mol. The van der Waals surface area contributed by atoms with Gasteiger partial charge >= 0.3 is 5.97 Å². The van der Waals surface area contributed by atoms with Gasteiger partial charge in [-0.1, -0.05) is 12.1 Å². The molecule has 1 atom stereocenters. The van der Waals surface area contributed by atoms with Gasteiger partial charge in [0.1, 0.15) is 5.82 Å². The van der Waals surface area contributed by atoms with Crippen molar-refractivity contribution in [2.75, 3.05) is 13.7 Å². The second-order valence-corrected chi connectivity index (χ2v) is 3.27. The van der Waals surface area contributed by atoms with Crippen LogP contribution in [-0.2, 0) is 9.53 Å². The number of methoxy groups -OCH3 is 1. The van der Waals surface area contributed by atoms with E-state index in [2.05, 4.69) is 4.74 Å². The Hall–Kier alpha value is -1.42. The van der Waals surface area contributed by atoms with Crippen LogP contribution in [0.4, 0.5) is 4.39 Å². The largest absolute Gasteiger partial charge is 0.469 e. The molecular formula is C11H14FNO2. The summed E-state index contributed by atoms with van der Waals surface area (Å²) in [5, 5.41) is 0. The number of ether oxygens (including phenoxy) is 1. The molecule has 4 heteroatoms. The van der Waals surface area contributed by atoms with Gasteiger partial charge in [0.15, 0.2) is 0 Å². The number of carbonyl (C=O) groups excluding carboxylic acids is 1. The molecule has 2 N–H and O–H groups in total. The Morgan fingerprint density at radius 2 is 2.27 bits per heavy atom. The van der Waals surface area contributed by atoms with Crippen molar-refractivity contribution in [3.05, 3.63) is 35.1 Å². The second-order valence-electron chi connectivity index (χ2n) is 3.27. The van der Waals surface area contributed by atoms with Crippen molar-refractivity contribution in [2.24, 2.45) is 5.73 Å². The van der Waals surface area contributed by atoms with Crippen molar-refractivity contribution in [3.63, 3.8) is 0 Å². The predicted octanol–water partition coefficient (Wildman–Crippen LogP) is 1.35. The highest BCUT2D eigenvalue weighted by Gasteiger charge is 2.22. The fraction of sp³-hybridized carbons (Fsp3) is 0.364. The van der Waals surface area contributed by atoms with Gasteiger partial charge < -0.3 is 10.5 Å². The van der Waals surface area contributed by atoms with Crippen molar-refractivity contribution in [1.82, 2.24) is 0 Å². The van der Waals surface area contributed by atoms with Crippen molar-refractivity contribution in [3.8, 4) is 0 Å². The van der Waals surface area contributed by atoms with E-state index in [0.717, 1.165) is 0 Å². The molecule has 0 fully saturated rings. The molecule has 0 saturated heterocycles. The topological polar surface area (TPSA) is 52.3 Å². The van der Waals surface area contributed by atoms with Crippen LogP contribution in [-0.4, -0.2) is 19.6 Å². The normalized spacial score (nSPS) is 12.3. The Morgan fingerprint density at radius 1 is 1.60 bits per heavy atom. The van der Waals surface area contributed by atoms with Crippen LogP contribution in [0, 0.1) is 12.7 Å². The van der Waals surface area contributed by atoms with Gasteiger partial charge in [-0.25, -0.2) is 4.39 Å². The Kier molecular flexibility index (Phi) is 3.80. The molecule has 1 rings (SSSR count). The van der Waals surface area contributed by atoms with E-state index >= 15 is 0 Å². The molecule has 1 unspecified atom stereocenters. The maximum Gasteiger partial charge on any atom is 0.314 e. The van der Waals surface area contributed by atoms with E-state index in [4.69, 9.17) is 5.73 Å². The van der Waals surface area contributed by atoms with E-state index in [1.807, 2.05) is 0 Å². The number of halogens is 1. The molecule has 0 aliphatic rings. The number of carbonyl (C=O) groups is 1. The van der Waals surface area contributed by atoms with E-state index in [0.29, 0.717) is 11.1 Å². The Balaban J connectivity index is 3.12. The summed E-state index contributed by atoms with van der Waals surface area (Å²) in [6.07, 6.45) is 0. The summed E-state index contributed by atoms with van der Waals surface area (Å²) < 4.78 is 17.9. The molecule has 0 heterocycles. The summed E-state index contributed by atoms with van der Waals surface area (Å²) >= 11 is 0. The molecule has 0 bridgehead atoms. The van der Waals surface area contributed by atoms with Crippen molar-refractivity contribution < 1.29 is 13.9 Å². The second kappa shape index (κ2) is 4.89. The van der Waals surface area contributed by atoms with Crippen LogP contribution in [0.1, 0.15) is 17.0 Å². The third-order valence-corrected chi connectivity index (χ3v) is 2.41. The van der Waals surface area contributed by atoms with Gasteiger partial charge in [0, 0.05) is 6.54 Å².